The Balaban J connectivity index is 1.43. The number of amides is 2. The van der Waals surface area contributed by atoms with Crippen LogP contribution in [0.15, 0.2) is 82.8 Å². The van der Waals surface area contributed by atoms with Gasteiger partial charge >= 0.3 is 0 Å². The number of hydrogen-bond donors (Lipinski definition) is 2. The van der Waals surface area contributed by atoms with E-state index in [1.165, 1.54) is 23.5 Å². The fraction of sp³-hybridized carbons (Fsp3) is 0.125. The maximum absolute atomic E-state index is 13.0. The van der Waals surface area contributed by atoms with Crippen molar-refractivity contribution in [3.8, 4) is 5.69 Å². The second kappa shape index (κ2) is 11.0. The first-order valence-corrected chi connectivity index (χ1v) is 12.6. The molecular weight excluding hydrogens is 468 g/mol. The minimum Gasteiger partial charge on any atom is -0.325 e. The van der Waals surface area contributed by atoms with Gasteiger partial charge in [0.1, 0.15) is 0 Å². The number of carbonyl (C=O) groups excluding carboxylic acids is 2. The predicted molar refractivity (Wildman–Crippen MR) is 136 cm³/mol. The summed E-state index contributed by atoms with van der Waals surface area (Å²) >= 11 is 2.74. The van der Waals surface area contributed by atoms with Gasteiger partial charge in [0.15, 0.2) is 0 Å². The zero-order chi connectivity index (χ0) is 23.9. The fourth-order valence-electron chi connectivity index (χ4n) is 3.14. The van der Waals surface area contributed by atoms with Crippen LogP contribution in [0.3, 0.4) is 0 Å². The van der Waals surface area contributed by atoms with Crippen LogP contribution in [0.4, 0.5) is 11.4 Å². The van der Waals surface area contributed by atoms with E-state index in [-0.39, 0.29) is 17.6 Å². The highest BCUT2D eigenvalue weighted by atomic mass is 32.2. The summed E-state index contributed by atoms with van der Waals surface area (Å²) in [5.74, 6) is -0.214. The molecule has 3 aromatic carbocycles. The largest absolute Gasteiger partial charge is 0.325 e. The Labute approximate surface area is 205 Å². The minimum atomic E-state index is -0.263. The van der Waals surface area contributed by atoms with Crippen molar-refractivity contribution in [3.63, 3.8) is 0 Å². The molecule has 34 heavy (non-hydrogen) atoms. The lowest BCUT2D eigenvalue weighted by molar-refractivity contribution is -0.113. The predicted octanol–water partition coefficient (Wildman–Crippen LogP) is 4.68. The molecule has 172 valence electrons. The van der Waals surface area contributed by atoms with Crippen LogP contribution in [-0.2, 0) is 4.79 Å². The molecule has 0 radical (unpaired) electrons. The van der Waals surface area contributed by atoms with E-state index in [4.69, 9.17) is 0 Å². The molecule has 0 spiro atoms. The quantitative estimate of drug-likeness (QED) is 0.346. The average Bonchev–Trinajstić information content (AvgIpc) is 3.34. The number of nitrogens with zero attached hydrogens (tertiary/aromatic N) is 4. The maximum Gasteiger partial charge on any atom is 0.256 e. The number of anilines is 2. The molecule has 0 aliphatic rings. The zero-order valence-corrected chi connectivity index (χ0v) is 20.2. The van der Waals surface area contributed by atoms with Gasteiger partial charge in [-0.2, -0.15) is 4.68 Å². The summed E-state index contributed by atoms with van der Waals surface area (Å²) in [6.07, 6.45) is 1.89. The Morgan fingerprint density at radius 3 is 2.53 bits per heavy atom. The van der Waals surface area contributed by atoms with Crippen molar-refractivity contribution in [2.45, 2.75) is 17.0 Å². The summed E-state index contributed by atoms with van der Waals surface area (Å²) in [6.45, 7) is 1.99. The van der Waals surface area contributed by atoms with Crippen molar-refractivity contribution in [1.82, 2.24) is 20.2 Å². The van der Waals surface area contributed by atoms with Gasteiger partial charge in [0, 0.05) is 16.3 Å². The molecule has 0 saturated carbocycles. The number of tetrazole rings is 1. The fourth-order valence-corrected chi connectivity index (χ4v) is 4.42. The van der Waals surface area contributed by atoms with E-state index in [1.54, 1.807) is 28.9 Å². The maximum atomic E-state index is 13.0. The molecule has 0 unspecified atom stereocenters. The van der Waals surface area contributed by atoms with Crippen LogP contribution in [0, 0.1) is 6.92 Å². The molecule has 2 amide bonds. The number of aryl methyl sites for hydroxylation is 1. The molecule has 8 nitrogen and oxygen atoms in total. The number of carbonyl (C=O) groups is 2. The molecule has 0 atom stereocenters. The zero-order valence-electron chi connectivity index (χ0n) is 18.6. The third kappa shape index (κ3) is 5.83. The molecule has 1 heterocycles. The second-order valence-corrected chi connectivity index (χ2v) is 9.07. The Hall–Kier alpha value is -3.63. The van der Waals surface area contributed by atoms with E-state index in [1.807, 2.05) is 61.7 Å². The van der Waals surface area contributed by atoms with Gasteiger partial charge in [0.25, 0.3) is 5.91 Å². The highest BCUT2D eigenvalue weighted by molar-refractivity contribution is 8.00. The van der Waals surface area contributed by atoms with Crippen LogP contribution >= 0.6 is 23.5 Å². The van der Waals surface area contributed by atoms with Crippen molar-refractivity contribution in [3.05, 3.63) is 83.9 Å². The van der Waals surface area contributed by atoms with Crippen molar-refractivity contribution >= 4 is 46.7 Å². The van der Waals surface area contributed by atoms with Gasteiger partial charge in [-0.25, -0.2) is 0 Å². The normalized spacial score (nSPS) is 10.6. The number of benzene rings is 3. The Morgan fingerprint density at radius 1 is 0.941 bits per heavy atom. The Morgan fingerprint density at radius 2 is 1.74 bits per heavy atom. The van der Waals surface area contributed by atoms with Gasteiger partial charge in [0.2, 0.25) is 11.1 Å². The third-order valence-corrected chi connectivity index (χ3v) is 6.49. The van der Waals surface area contributed by atoms with E-state index in [0.717, 1.165) is 21.8 Å². The van der Waals surface area contributed by atoms with Crippen molar-refractivity contribution in [2.24, 2.45) is 0 Å². The topological polar surface area (TPSA) is 102 Å². The van der Waals surface area contributed by atoms with Gasteiger partial charge in [-0.15, -0.1) is 16.9 Å². The summed E-state index contributed by atoms with van der Waals surface area (Å²) in [4.78, 5) is 26.2. The second-order valence-electron chi connectivity index (χ2n) is 7.28. The van der Waals surface area contributed by atoms with Crippen LogP contribution in [0.1, 0.15) is 15.9 Å². The standard InChI is InChI=1S/C24H22N6O2S2/c1-16-10-12-17(13-11-16)25-22(31)15-34-21-9-4-3-8-20(21)23(32)26-18-6-5-7-19(14-18)30-24(33-2)27-28-29-30/h3-14H,15H2,1-2H3,(H,25,31)(H,26,32). The molecular formula is C24H22N6O2S2. The van der Waals surface area contributed by atoms with Gasteiger partial charge in [-0.3, -0.25) is 9.59 Å². The molecule has 0 fully saturated rings. The molecule has 0 aliphatic heterocycles. The first-order chi connectivity index (χ1) is 16.5. The van der Waals surface area contributed by atoms with Crippen LogP contribution in [0.2, 0.25) is 0 Å². The molecule has 0 saturated heterocycles. The van der Waals surface area contributed by atoms with Crippen molar-refractivity contribution in [2.75, 3.05) is 22.6 Å². The van der Waals surface area contributed by atoms with Gasteiger partial charge in [-0.05, 0) is 66.1 Å². The molecule has 4 aromatic rings. The highest BCUT2D eigenvalue weighted by Crippen LogP contribution is 2.25. The van der Waals surface area contributed by atoms with Crippen LogP contribution in [-0.4, -0.2) is 44.0 Å². The lowest BCUT2D eigenvalue weighted by Crippen LogP contribution is -2.16. The monoisotopic (exact) mass is 490 g/mol. The first kappa shape index (κ1) is 23.5. The van der Waals surface area contributed by atoms with Crippen LogP contribution in [0.25, 0.3) is 5.69 Å². The van der Waals surface area contributed by atoms with Crippen LogP contribution in [0.5, 0.6) is 0 Å². The number of thioether (sulfide) groups is 2. The van der Waals surface area contributed by atoms with E-state index in [0.29, 0.717) is 16.4 Å². The third-order valence-electron chi connectivity index (χ3n) is 4.80. The average molecular weight is 491 g/mol. The Bertz CT molecular complexity index is 1310. The Kier molecular flexibility index (Phi) is 7.61. The van der Waals surface area contributed by atoms with Gasteiger partial charge in [0.05, 0.1) is 17.0 Å². The summed E-state index contributed by atoms with van der Waals surface area (Å²) in [7, 11) is 0. The highest BCUT2D eigenvalue weighted by Gasteiger charge is 2.14. The lowest BCUT2D eigenvalue weighted by Gasteiger charge is -2.11. The lowest BCUT2D eigenvalue weighted by atomic mass is 10.2. The number of hydrogen-bond acceptors (Lipinski definition) is 7. The van der Waals surface area contributed by atoms with E-state index in [2.05, 4.69) is 26.2 Å². The van der Waals surface area contributed by atoms with Gasteiger partial charge in [-0.1, -0.05) is 47.7 Å². The van der Waals surface area contributed by atoms with E-state index in [9.17, 15) is 9.59 Å². The molecule has 0 aliphatic carbocycles. The van der Waals surface area contributed by atoms with E-state index >= 15 is 0 Å². The van der Waals surface area contributed by atoms with Crippen molar-refractivity contribution in [1.29, 1.82) is 0 Å². The summed E-state index contributed by atoms with van der Waals surface area (Å²) in [6, 6.07) is 22.1. The smallest absolute Gasteiger partial charge is 0.256 e. The van der Waals surface area contributed by atoms with Gasteiger partial charge < -0.3 is 10.6 Å². The molecule has 4 rings (SSSR count). The van der Waals surface area contributed by atoms with Crippen molar-refractivity contribution < 1.29 is 9.59 Å². The number of nitrogens with one attached hydrogen (secondary N) is 2. The van der Waals surface area contributed by atoms with Crippen LogP contribution < -0.4 is 10.6 Å². The summed E-state index contributed by atoms with van der Waals surface area (Å²) in [5, 5.41) is 18.1. The number of rotatable bonds is 8. The molecule has 10 heteroatoms. The summed E-state index contributed by atoms with van der Waals surface area (Å²) in [5.41, 5.74) is 3.72. The first-order valence-electron chi connectivity index (χ1n) is 10.4. The molecule has 0 bridgehead atoms. The number of aromatic nitrogens is 4. The molecule has 1 aromatic heterocycles. The SMILES string of the molecule is CSc1nnnn1-c1cccc(NC(=O)c2ccccc2SCC(=O)Nc2ccc(C)cc2)c1. The summed E-state index contributed by atoms with van der Waals surface area (Å²) < 4.78 is 1.61. The van der Waals surface area contributed by atoms with E-state index < -0.39 is 0 Å². The minimum absolute atomic E-state index is 0.136. The molecule has 2 N–H and O–H groups in total.